The van der Waals surface area contributed by atoms with Crippen molar-refractivity contribution in [2.45, 2.75) is 47.0 Å². The van der Waals surface area contributed by atoms with Crippen molar-refractivity contribution in [1.29, 1.82) is 0 Å². The molecule has 0 radical (unpaired) electrons. The maximum atomic E-state index is 12.5. The molecule has 0 spiro atoms. The smallest absolute Gasteiger partial charge is 0.365 e. The highest BCUT2D eigenvalue weighted by Crippen LogP contribution is 2.43. The van der Waals surface area contributed by atoms with Gasteiger partial charge in [-0.1, -0.05) is 49.1 Å². The Bertz CT molecular complexity index is 870. The average Bonchev–Trinajstić information content (AvgIpc) is 2.77. The Labute approximate surface area is 143 Å². The van der Waals surface area contributed by atoms with Crippen LogP contribution in [0, 0.1) is 20.8 Å². The minimum atomic E-state index is -0.345. The van der Waals surface area contributed by atoms with E-state index in [9.17, 15) is 4.79 Å². The second-order valence-corrected chi connectivity index (χ2v) is 7.64. The summed E-state index contributed by atoms with van der Waals surface area (Å²) in [6.07, 6.45) is 1.53. The molecule has 0 fully saturated rings. The van der Waals surface area contributed by atoms with Crippen molar-refractivity contribution in [2.24, 2.45) is 0 Å². The number of carbonyl (C=O) groups excluding carboxylic acids is 1. The first-order valence-corrected chi connectivity index (χ1v) is 8.25. The third-order valence-corrected chi connectivity index (χ3v) is 4.37. The molecule has 2 aromatic rings. The molecule has 24 heavy (non-hydrogen) atoms. The van der Waals surface area contributed by atoms with E-state index < -0.39 is 0 Å². The number of fused-ring (bicyclic) bond motifs is 1. The molecule has 0 atom stereocenters. The maximum Gasteiger partial charge on any atom is 0.608 e. The fraction of sp³-hybridized carbons (Fsp3) is 0.333. The molecule has 1 aliphatic heterocycles. The first-order valence-electron chi connectivity index (χ1n) is 8.25. The van der Waals surface area contributed by atoms with E-state index in [1.54, 1.807) is 4.58 Å². The molecule has 0 saturated carbocycles. The van der Waals surface area contributed by atoms with E-state index >= 15 is 0 Å². The SMILES string of the molecule is Cc1ccc(C)c(/C=[N+]2/C(=O)Oc3c2cc(C)cc3C(C)(C)C)c1. The van der Waals surface area contributed by atoms with Gasteiger partial charge in [0.1, 0.15) is 0 Å². The molecule has 3 rings (SSSR count). The highest BCUT2D eigenvalue weighted by molar-refractivity contribution is 5.87. The van der Waals surface area contributed by atoms with Gasteiger partial charge < -0.3 is 4.74 Å². The zero-order valence-corrected chi connectivity index (χ0v) is 15.2. The van der Waals surface area contributed by atoms with Gasteiger partial charge in [-0.25, -0.2) is 0 Å². The fourth-order valence-corrected chi connectivity index (χ4v) is 2.99. The van der Waals surface area contributed by atoms with Gasteiger partial charge >= 0.3 is 6.09 Å². The fourth-order valence-electron chi connectivity index (χ4n) is 2.99. The van der Waals surface area contributed by atoms with Crippen molar-refractivity contribution in [3.05, 3.63) is 58.1 Å². The van der Waals surface area contributed by atoms with Crippen LogP contribution in [0.2, 0.25) is 0 Å². The average molecular weight is 322 g/mol. The van der Waals surface area contributed by atoms with E-state index in [0.717, 1.165) is 27.9 Å². The highest BCUT2D eigenvalue weighted by Gasteiger charge is 2.40. The summed E-state index contributed by atoms with van der Waals surface area (Å²) >= 11 is 0. The highest BCUT2D eigenvalue weighted by atomic mass is 16.6. The zero-order chi connectivity index (χ0) is 17.6. The molecule has 1 heterocycles. The first-order chi connectivity index (χ1) is 11.2. The van der Waals surface area contributed by atoms with Crippen LogP contribution in [-0.4, -0.2) is 16.9 Å². The number of benzene rings is 2. The van der Waals surface area contributed by atoms with Crippen molar-refractivity contribution in [1.82, 2.24) is 0 Å². The number of amides is 1. The Hall–Kier alpha value is -2.42. The van der Waals surface area contributed by atoms with E-state index in [4.69, 9.17) is 4.74 Å². The molecule has 1 aliphatic rings. The standard InChI is InChI=1S/C21H24NO2/c1-13-7-8-15(3)16(9-13)12-22-18-11-14(2)10-17(21(4,5)6)19(18)24-20(22)23/h7-12H,1-6H3/q+1/b22-12+. The predicted octanol–water partition coefficient (Wildman–Crippen LogP) is 5.18. The number of carbonyl (C=O) groups is 1. The molecule has 124 valence electrons. The Morgan fingerprint density at radius 3 is 2.38 bits per heavy atom. The van der Waals surface area contributed by atoms with Gasteiger partial charge in [0.15, 0.2) is 6.21 Å². The minimum Gasteiger partial charge on any atom is -0.365 e. The molecule has 0 aromatic heterocycles. The second kappa shape index (κ2) is 5.59. The quantitative estimate of drug-likeness (QED) is 0.677. The van der Waals surface area contributed by atoms with Crippen LogP contribution < -0.4 is 4.74 Å². The Morgan fingerprint density at radius 2 is 1.71 bits per heavy atom. The Morgan fingerprint density at radius 1 is 1.00 bits per heavy atom. The summed E-state index contributed by atoms with van der Waals surface area (Å²) in [6.45, 7) is 12.5. The molecule has 2 aromatic carbocycles. The molecular weight excluding hydrogens is 298 g/mol. The number of ether oxygens (including phenoxy) is 1. The van der Waals surface area contributed by atoms with E-state index in [1.807, 2.05) is 19.2 Å². The normalized spacial score (nSPS) is 15.6. The van der Waals surface area contributed by atoms with Gasteiger partial charge in [-0.15, -0.1) is 0 Å². The molecule has 0 unspecified atom stereocenters. The van der Waals surface area contributed by atoms with E-state index in [-0.39, 0.29) is 11.5 Å². The van der Waals surface area contributed by atoms with Gasteiger partial charge in [0.25, 0.3) is 5.69 Å². The monoisotopic (exact) mass is 322 g/mol. The van der Waals surface area contributed by atoms with Crippen molar-refractivity contribution in [3.63, 3.8) is 0 Å². The van der Waals surface area contributed by atoms with Crippen molar-refractivity contribution in [3.8, 4) is 5.75 Å². The first kappa shape index (κ1) is 16.4. The summed E-state index contributed by atoms with van der Waals surface area (Å²) in [7, 11) is 0. The summed E-state index contributed by atoms with van der Waals surface area (Å²) in [5.74, 6) is 0.680. The van der Waals surface area contributed by atoms with Gasteiger partial charge in [0.05, 0.1) is 0 Å². The largest absolute Gasteiger partial charge is 0.608 e. The molecule has 3 heteroatoms. The molecule has 0 bridgehead atoms. The molecular formula is C21H24NO2+. The summed E-state index contributed by atoms with van der Waals surface area (Å²) in [5.41, 5.74) is 6.24. The molecule has 3 nitrogen and oxygen atoms in total. The number of nitrogens with zero attached hydrogens (tertiary/aromatic N) is 1. The van der Waals surface area contributed by atoms with Crippen LogP contribution in [0.25, 0.3) is 0 Å². The predicted molar refractivity (Wildman–Crippen MR) is 96.9 cm³/mol. The number of hydrogen-bond acceptors (Lipinski definition) is 2. The van der Waals surface area contributed by atoms with Crippen LogP contribution in [0.4, 0.5) is 10.5 Å². The van der Waals surface area contributed by atoms with Gasteiger partial charge in [-0.2, -0.15) is 4.79 Å². The second-order valence-electron chi connectivity index (χ2n) is 7.64. The number of aryl methyl sites for hydroxylation is 3. The van der Waals surface area contributed by atoms with Gasteiger partial charge in [-0.3, -0.25) is 0 Å². The molecule has 0 aliphatic carbocycles. The van der Waals surface area contributed by atoms with Crippen LogP contribution in [0.3, 0.4) is 0 Å². The summed E-state index contributed by atoms with van der Waals surface area (Å²) in [5, 5.41) is 0. The Kier molecular flexibility index (Phi) is 3.83. The van der Waals surface area contributed by atoms with Crippen molar-refractivity contribution >= 4 is 18.0 Å². The molecule has 1 amide bonds. The molecule has 0 saturated heterocycles. The van der Waals surface area contributed by atoms with Gasteiger partial charge in [0.2, 0.25) is 5.75 Å². The summed E-state index contributed by atoms with van der Waals surface area (Å²) in [4.78, 5) is 12.5. The Balaban J connectivity index is 2.21. The van der Waals surface area contributed by atoms with E-state index in [1.165, 1.54) is 5.56 Å². The lowest BCUT2D eigenvalue weighted by molar-refractivity contribution is -0.328. The van der Waals surface area contributed by atoms with Crippen LogP contribution in [0.15, 0.2) is 30.3 Å². The van der Waals surface area contributed by atoms with Crippen molar-refractivity contribution in [2.75, 3.05) is 0 Å². The number of rotatable bonds is 1. The van der Waals surface area contributed by atoms with Crippen LogP contribution in [0.1, 0.15) is 48.6 Å². The van der Waals surface area contributed by atoms with Gasteiger partial charge in [-0.05, 0) is 43.4 Å². The third kappa shape index (κ3) is 2.86. The van der Waals surface area contributed by atoms with Crippen molar-refractivity contribution < 1.29 is 14.1 Å². The summed E-state index contributed by atoms with van der Waals surface area (Å²) in [6, 6.07) is 10.3. The summed E-state index contributed by atoms with van der Waals surface area (Å²) < 4.78 is 7.25. The maximum absolute atomic E-state index is 12.5. The van der Waals surface area contributed by atoms with Gasteiger partial charge in [0, 0.05) is 17.2 Å². The van der Waals surface area contributed by atoms with Crippen LogP contribution in [0.5, 0.6) is 5.75 Å². The van der Waals surface area contributed by atoms with E-state index in [0.29, 0.717) is 5.75 Å². The lowest BCUT2D eigenvalue weighted by Gasteiger charge is -2.20. The van der Waals surface area contributed by atoms with Crippen LogP contribution in [-0.2, 0) is 5.41 Å². The topological polar surface area (TPSA) is 29.3 Å². The zero-order valence-electron chi connectivity index (χ0n) is 15.2. The number of hydrogen-bond donors (Lipinski definition) is 0. The van der Waals surface area contributed by atoms with Crippen LogP contribution >= 0.6 is 0 Å². The van der Waals surface area contributed by atoms with E-state index in [2.05, 4.69) is 58.9 Å². The lowest BCUT2D eigenvalue weighted by atomic mass is 9.85. The molecule has 0 N–H and O–H groups in total. The lowest BCUT2D eigenvalue weighted by Crippen LogP contribution is -2.15. The minimum absolute atomic E-state index is 0.0916. The third-order valence-electron chi connectivity index (χ3n) is 4.37.